The maximum Gasteiger partial charge on any atom is 0.347 e. The van der Waals surface area contributed by atoms with Gasteiger partial charge in [-0.3, -0.25) is 4.79 Å². The summed E-state index contributed by atoms with van der Waals surface area (Å²) >= 11 is 0. The molecule has 0 saturated heterocycles. The summed E-state index contributed by atoms with van der Waals surface area (Å²) in [5.41, 5.74) is 2.77. The van der Waals surface area contributed by atoms with E-state index in [-0.39, 0.29) is 12.5 Å². The normalized spacial score (nSPS) is 11.5. The van der Waals surface area contributed by atoms with E-state index in [1.807, 2.05) is 50.2 Å². The number of aryl methyl sites for hydroxylation is 2. The van der Waals surface area contributed by atoms with Crippen molar-refractivity contribution in [1.29, 1.82) is 0 Å². The molecular formula is C19H21NO4. The van der Waals surface area contributed by atoms with Crippen LogP contribution in [0.4, 0.5) is 5.69 Å². The zero-order chi connectivity index (χ0) is 17.5. The van der Waals surface area contributed by atoms with Crippen molar-refractivity contribution in [2.24, 2.45) is 0 Å². The lowest BCUT2D eigenvalue weighted by Gasteiger charge is -2.14. The van der Waals surface area contributed by atoms with Crippen molar-refractivity contribution >= 4 is 17.6 Å². The standard InChI is InChI=1S/C19H21NO4/c1-13-9-10-17(14(2)11-13)20-18(21)12-23-19(22)15(3)24-16-7-5-4-6-8-16/h4-11,15H,12H2,1-3H3,(H,20,21)/t15-/m1/s1. The summed E-state index contributed by atoms with van der Waals surface area (Å²) < 4.78 is 10.5. The number of amides is 1. The van der Waals surface area contributed by atoms with Crippen LogP contribution in [0.5, 0.6) is 5.75 Å². The highest BCUT2D eigenvalue weighted by Crippen LogP contribution is 2.16. The fraction of sp³-hybridized carbons (Fsp3) is 0.263. The van der Waals surface area contributed by atoms with Crippen molar-refractivity contribution in [2.45, 2.75) is 26.9 Å². The molecule has 0 aliphatic heterocycles. The molecule has 1 atom stereocenters. The van der Waals surface area contributed by atoms with E-state index in [2.05, 4.69) is 5.32 Å². The van der Waals surface area contributed by atoms with Crippen molar-refractivity contribution in [3.63, 3.8) is 0 Å². The van der Waals surface area contributed by atoms with Crippen LogP contribution in [0.3, 0.4) is 0 Å². The number of benzene rings is 2. The Kier molecular flexibility index (Phi) is 5.95. The van der Waals surface area contributed by atoms with Gasteiger partial charge in [-0.15, -0.1) is 0 Å². The number of anilines is 1. The number of rotatable bonds is 6. The number of ether oxygens (including phenoxy) is 2. The average Bonchev–Trinajstić information content (AvgIpc) is 2.56. The van der Waals surface area contributed by atoms with Crippen LogP contribution >= 0.6 is 0 Å². The van der Waals surface area contributed by atoms with Crippen LogP contribution in [0.25, 0.3) is 0 Å². The second-order valence-electron chi connectivity index (χ2n) is 5.55. The fourth-order valence-electron chi connectivity index (χ4n) is 2.15. The first-order chi connectivity index (χ1) is 11.5. The summed E-state index contributed by atoms with van der Waals surface area (Å²) in [6.07, 6.45) is -0.790. The molecule has 2 aromatic rings. The molecule has 0 heterocycles. The van der Waals surface area contributed by atoms with Crippen LogP contribution in [-0.2, 0) is 14.3 Å². The highest BCUT2D eigenvalue weighted by molar-refractivity contribution is 5.93. The minimum Gasteiger partial charge on any atom is -0.479 e. The van der Waals surface area contributed by atoms with Gasteiger partial charge in [0.25, 0.3) is 5.91 Å². The van der Waals surface area contributed by atoms with Crippen LogP contribution in [-0.4, -0.2) is 24.6 Å². The number of para-hydroxylation sites is 1. The lowest BCUT2D eigenvalue weighted by molar-refractivity contribution is -0.153. The summed E-state index contributed by atoms with van der Waals surface area (Å²) in [5.74, 6) is -0.404. The van der Waals surface area contributed by atoms with Gasteiger partial charge in [0, 0.05) is 5.69 Å². The Morgan fingerprint density at radius 1 is 1.08 bits per heavy atom. The first-order valence-corrected chi connectivity index (χ1v) is 7.71. The first-order valence-electron chi connectivity index (χ1n) is 7.71. The van der Waals surface area contributed by atoms with Gasteiger partial charge < -0.3 is 14.8 Å². The summed E-state index contributed by atoms with van der Waals surface area (Å²) in [6, 6.07) is 14.7. The van der Waals surface area contributed by atoms with Gasteiger partial charge in [-0.05, 0) is 44.5 Å². The minimum atomic E-state index is -0.790. The summed E-state index contributed by atoms with van der Waals surface area (Å²) in [6.45, 7) is 5.12. The molecule has 2 rings (SSSR count). The molecule has 0 bridgehead atoms. The Morgan fingerprint density at radius 2 is 1.79 bits per heavy atom. The van der Waals surface area contributed by atoms with Crippen molar-refractivity contribution in [1.82, 2.24) is 0 Å². The van der Waals surface area contributed by atoms with E-state index in [0.29, 0.717) is 11.4 Å². The molecule has 5 heteroatoms. The van der Waals surface area contributed by atoms with E-state index >= 15 is 0 Å². The zero-order valence-corrected chi connectivity index (χ0v) is 14.0. The topological polar surface area (TPSA) is 64.6 Å². The number of carbonyl (C=O) groups is 2. The van der Waals surface area contributed by atoms with E-state index in [1.165, 1.54) is 0 Å². The lowest BCUT2D eigenvalue weighted by atomic mass is 10.1. The largest absolute Gasteiger partial charge is 0.479 e. The highest BCUT2D eigenvalue weighted by atomic mass is 16.6. The minimum absolute atomic E-state index is 0.353. The van der Waals surface area contributed by atoms with Crippen molar-refractivity contribution < 1.29 is 19.1 Å². The van der Waals surface area contributed by atoms with Crippen LogP contribution in [0.1, 0.15) is 18.1 Å². The Labute approximate surface area is 141 Å². The molecule has 0 radical (unpaired) electrons. The molecule has 0 aliphatic rings. The second kappa shape index (κ2) is 8.15. The molecule has 1 amide bonds. The number of hydrogen-bond acceptors (Lipinski definition) is 4. The first kappa shape index (κ1) is 17.5. The molecule has 0 fully saturated rings. The molecule has 0 unspecified atom stereocenters. The van der Waals surface area contributed by atoms with Gasteiger partial charge in [-0.25, -0.2) is 4.79 Å². The maximum atomic E-state index is 11.9. The van der Waals surface area contributed by atoms with Crippen LogP contribution in [0, 0.1) is 13.8 Å². The Hall–Kier alpha value is -2.82. The molecule has 24 heavy (non-hydrogen) atoms. The van der Waals surface area contributed by atoms with Gasteiger partial charge in [0.2, 0.25) is 0 Å². The summed E-state index contributed by atoms with van der Waals surface area (Å²) in [7, 11) is 0. The monoisotopic (exact) mass is 327 g/mol. The Morgan fingerprint density at radius 3 is 2.46 bits per heavy atom. The molecule has 0 spiro atoms. The maximum absolute atomic E-state index is 11.9. The third-order valence-electron chi connectivity index (χ3n) is 3.39. The van der Waals surface area contributed by atoms with E-state index in [0.717, 1.165) is 11.1 Å². The Bertz CT molecular complexity index is 713. The van der Waals surface area contributed by atoms with Crippen molar-refractivity contribution in [2.75, 3.05) is 11.9 Å². The number of carbonyl (C=O) groups excluding carboxylic acids is 2. The molecule has 126 valence electrons. The molecule has 0 aromatic heterocycles. The summed E-state index contributed by atoms with van der Waals surface area (Å²) in [4.78, 5) is 23.8. The van der Waals surface area contributed by atoms with Gasteiger partial charge in [0.15, 0.2) is 12.7 Å². The molecule has 1 N–H and O–H groups in total. The molecule has 2 aromatic carbocycles. The smallest absolute Gasteiger partial charge is 0.347 e. The van der Waals surface area contributed by atoms with Gasteiger partial charge in [-0.2, -0.15) is 0 Å². The third kappa shape index (κ3) is 5.12. The van der Waals surface area contributed by atoms with E-state index < -0.39 is 12.1 Å². The highest BCUT2D eigenvalue weighted by Gasteiger charge is 2.18. The molecular weight excluding hydrogens is 306 g/mol. The van der Waals surface area contributed by atoms with Gasteiger partial charge >= 0.3 is 5.97 Å². The molecule has 0 saturated carbocycles. The zero-order valence-electron chi connectivity index (χ0n) is 14.0. The molecule has 0 aliphatic carbocycles. The van der Waals surface area contributed by atoms with Crippen molar-refractivity contribution in [3.05, 3.63) is 59.7 Å². The van der Waals surface area contributed by atoms with E-state index in [1.54, 1.807) is 19.1 Å². The number of hydrogen-bond donors (Lipinski definition) is 1. The van der Waals surface area contributed by atoms with Crippen LogP contribution < -0.4 is 10.1 Å². The van der Waals surface area contributed by atoms with Crippen LogP contribution in [0.2, 0.25) is 0 Å². The lowest BCUT2D eigenvalue weighted by Crippen LogP contribution is -2.29. The number of nitrogens with one attached hydrogen (secondary N) is 1. The second-order valence-corrected chi connectivity index (χ2v) is 5.55. The predicted octanol–water partition coefficient (Wildman–Crippen LogP) is 3.25. The fourth-order valence-corrected chi connectivity index (χ4v) is 2.15. The third-order valence-corrected chi connectivity index (χ3v) is 3.39. The van der Waals surface area contributed by atoms with E-state index in [9.17, 15) is 9.59 Å². The van der Waals surface area contributed by atoms with Gasteiger partial charge in [-0.1, -0.05) is 35.9 Å². The average molecular weight is 327 g/mol. The van der Waals surface area contributed by atoms with Gasteiger partial charge in [0.1, 0.15) is 5.75 Å². The SMILES string of the molecule is Cc1ccc(NC(=O)COC(=O)[C@@H](C)Oc2ccccc2)c(C)c1. The molecule has 5 nitrogen and oxygen atoms in total. The predicted molar refractivity (Wildman–Crippen MR) is 92.0 cm³/mol. The summed E-state index contributed by atoms with van der Waals surface area (Å²) in [5, 5.41) is 2.72. The quantitative estimate of drug-likeness (QED) is 0.827. The Balaban J connectivity index is 1.81. The van der Waals surface area contributed by atoms with Crippen molar-refractivity contribution in [3.8, 4) is 5.75 Å². The van der Waals surface area contributed by atoms with Crippen LogP contribution in [0.15, 0.2) is 48.5 Å². The number of esters is 1. The van der Waals surface area contributed by atoms with E-state index in [4.69, 9.17) is 9.47 Å². The van der Waals surface area contributed by atoms with Gasteiger partial charge in [0.05, 0.1) is 0 Å².